The number of fused-ring (bicyclic) bond motifs is 4. The Morgan fingerprint density at radius 3 is 2.36 bits per heavy atom. The van der Waals surface area contributed by atoms with E-state index in [-0.39, 0.29) is 24.6 Å². The van der Waals surface area contributed by atoms with Gasteiger partial charge in [-0.1, -0.05) is 72.8 Å². The third-order valence-corrected chi connectivity index (χ3v) is 7.45. The molecule has 5 aromatic rings. The first kappa shape index (κ1) is 28.6. The van der Waals surface area contributed by atoms with Crippen molar-refractivity contribution in [2.24, 2.45) is 0 Å². The first-order valence-electron chi connectivity index (χ1n) is 14.4. The zero-order chi connectivity index (χ0) is 30.8. The second-order valence-electron chi connectivity index (χ2n) is 11.7. The Kier molecular flexibility index (Phi) is 7.58. The van der Waals surface area contributed by atoms with Crippen molar-refractivity contribution in [3.05, 3.63) is 114 Å². The number of nitrogens with zero attached hydrogens (tertiary/aromatic N) is 4. The highest BCUT2D eigenvalue weighted by Gasteiger charge is 2.31. The van der Waals surface area contributed by atoms with Crippen LogP contribution in [0.1, 0.15) is 49.1 Å². The van der Waals surface area contributed by atoms with Gasteiger partial charge in [-0.25, -0.2) is 14.6 Å². The number of esters is 1. The third kappa shape index (κ3) is 6.01. The van der Waals surface area contributed by atoms with E-state index in [2.05, 4.69) is 39.6 Å². The maximum Gasteiger partial charge on any atom is 0.407 e. The van der Waals surface area contributed by atoms with Gasteiger partial charge in [-0.2, -0.15) is 10.2 Å². The molecular formula is C35H31N5O4. The van der Waals surface area contributed by atoms with Crippen LogP contribution in [-0.2, 0) is 20.7 Å². The van der Waals surface area contributed by atoms with Crippen molar-refractivity contribution < 1.29 is 19.1 Å². The predicted octanol–water partition coefficient (Wildman–Crippen LogP) is 6.06. The maximum atomic E-state index is 13.3. The van der Waals surface area contributed by atoms with Gasteiger partial charge in [0.15, 0.2) is 5.69 Å². The van der Waals surface area contributed by atoms with E-state index in [1.165, 1.54) is 0 Å². The quantitative estimate of drug-likeness (QED) is 0.231. The molecule has 1 N–H and O–H groups in total. The summed E-state index contributed by atoms with van der Waals surface area (Å²) in [5.41, 5.74) is 6.49. The third-order valence-electron chi connectivity index (χ3n) is 7.45. The lowest BCUT2D eigenvalue weighted by Crippen LogP contribution is -2.46. The molecular weight excluding hydrogens is 554 g/mol. The highest BCUT2D eigenvalue weighted by molar-refractivity contribution is 5.82. The molecule has 0 aliphatic heterocycles. The molecule has 6 rings (SSSR count). The topological polar surface area (TPSA) is 119 Å². The Hall–Kier alpha value is -5.49. The summed E-state index contributed by atoms with van der Waals surface area (Å²) in [6.07, 6.45) is 4.64. The standard InChI is InChI=1S/C35H31N5O4/c1-35(2,3)44-32(41)31(16-22-9-8-10-23(15-22)24-18-37-33-38-25(17-36)20-40(33)19-24)39-34(42)43-21-30-28-13-6-4-11-26(28)27-12-5-7-14-29(27)30/h4-15,18-20,30-31H,16,21H2,1-3H3,(H,39,42)/t31-/m0/s1. The summed E-state index contributed by atoms with van der Waals surface area (Å²) in [6.45, 7) is 5.49. The number of amides is 1. The summed E-state index contributed by atoms with van der Waals surface area (Å²) < 4.78 is 13.1. The number of hydrogen-bond acceptors (Lipinski definition) is 7. The van der Waals surface area contributed by atoms with Gasteiger partial charge in [0, 0.05) is 36.5 Å². The van der Waals surface area contributed by atoms with Crippen LogP contribution in [0.2, 0.25) is 0 Å². The van der Waals surface area contributed by atoms with Crippen LogP contribution in [0, 0.1) is 11.3 Å². The zero-order valence-corrected chi connectivity index (χ0v) is 24.7. The summed E-state index contributed by atoms with van der Waals surface area (Å²) in [4.78, 5) is 34.9. The van der Waals surface area contributed by atoms with E-state index in [1.54, 1.807) is 37.6 Å². The van der Waals surface area contributed by atoms with Crippen LogP contribution >= 0.6 is 0 Å². The fourth-order valence-corrected chi connectivity index (χ4v) is 5.55. The molecule has 2 aromatic heterocycles. The average Bonchev–Trinajstić information content (AvgIpc) is 3.57. The molecule has 0 saturated heterocycles. The Morgan fingerprint density at radius 2 is 1.68 bits per heavy atom. The van der Waals surface area contributed by atoms with Crippen LogP contribution in [0.4, 0.5) is 4.79 Å². The molecule has 0 fully saturated rings. The number of benzene rings is 3. The minimum absolute atomic E-state index is 0.101. The van der Waals surface area contributed by atoms with Crippen molar-refractivity contribution in [2.45, 2.75) is 44.8 Å². The van der Waals surface area contributed by atoms with E-state index >= 15 is 0 Å². The number of hydrogen-bond donors (Lipinski definition) is 1. The van der Waals surface area contributed by atoms with Gasteiger partial charge in [0.05, 0.1) is 0 Å². The Morgan fingerprint density at radius 1 is 0.977 bits per heavy atom. The van der Waals surface area contributed by atoms with Gasteiger partial charge in [-0.15, -0.1) is 0 Å². The van der Waals surface area contributed by atoms with Crippen LogP contribution in [0.5, 0.6) is 0 Å². The lowest BCUT2D eigenvalue weighted by molar-refractivity contribution is -0.157. The van der Waals surface area contributed by atoms with E-state index < -0.39 is 23.7 Å². The largest absolute Gasteiger partial charge is 0.458 e. The number of ether oxygens (including phenoxy) is 2. The molecule has 1 aliphatic rings. The predicted molar refractivity (Wildman–Crippen MR) is 165 cm³/mol. The van der Waals surface area contributed by atoms with Crippen molar-refractivity contribution in [3.8, 4) is 28.3 Å². The van der Waals surface area contributed by atoms with Crippen LogP contribution in [0.25, 0.3) is 28.0 Å². The average molecular weight is 586 g/mol. The fraction of sp³-hybridized carbons (Fsp3) is 0.229. The Labute approximate surface area is 255 Å². The second kappa shape index (κ2) is 11.7. The first-order valence-corrected chi connectivity index (χ1v) is 14.4. The van der Waals surface area contributed by atoms with Gasteiger partial charge in [0.25, 0.3) is 0 Å². The molecule has 0 saturated carbocycles. The minimum atomic E-state index is -0.979. The Balaban J connectivity index is 1.19. The molecule has 1 amide bonds. The summed E-state index contributed by atoms with van der Waals surface area (Å²) in [5.74, 6) is -0.226. The van der Waals surface area contributed by atoms with Gasteiger partial charge in [0.1, 0.15) is 24.3 Å². The zero-order valence-electron chi connectivity index (χ0n) is 24.7. The van der Waals surface area contributed by atoms with Crippen molar-refractivity contribution in [2.75, 3.05) is 6.61 Å². The SMILES string of the molecule is CC(C)(C)OC(=O)[C@H](Cc1cccc(-c2cnc3nc(C#N)cn3c2)c1)NC(=O)OCC1c2ccccc2-c2ccccc21. The second-order valence-corrected chi connectivity index (χ2v) is 11.7. The van der Waals surface area contributed by atoms with Gasteiger partial charge in [0.2, 0.25) is 5.78 Å². The summed E-state index contributed by atoms with van der Waals surface area (Å²) in [5, 5.41) is 11.9. The van der Waals surface area contributed by atoms with E-state index in [4.69, 9.17) is 14.7 Å². The molecule has 0 radical (unpaired) electrons. The fourth-order valence-electron chi connectivity index (χ4n) is 5.55. The minimum Gasteiger partial charge on any atom is -0.458 e. The number of carbonyl (C=O) groups excluding carboxylic acids is 2. The van der Waals surface area contributed by atoms with Crippen molar-refractivity contribution in [3.63, 3.8) is 0 Å². The smallest absolute Gasteiger partial charge is 0.407 e. The number of aromatic nitrogens is 3. The number of imidazole rings is 1. The van der Waals surface area contributed by atoms with Crippen LogP contribution < -0.4 is 5.32 Å². The lowest BCUT2D eigenvalue weighted by Gasteiger charge is -2.25. The van der Waals surface area contributed by atoms with E-state index in [9.17, 15) is 9.59 Å². The summed E-state index contributed by atoms with van der Waals surface area (Å²) in [6, 6.07) is 24.9. The highest BCUT2D eigenvalue weighted by atomic mass is 16.6. The van der Waals surface area contributed by atoms with Crippen LogP contribution in [0.15, 0.2) is 91.4 Å². The molecule has 0 unspecified atom stereocenters. The molecule has 3 aromatic carbocycles. The highest BCUT2D eigenvalue weighted by Crippen LogP contribution is 2.44. The number of alkyl carbamates (subject to hydrolysis) is 1. The molecule has 1 aliphatic carbocycles. The molecule has 44 heavy (non-hydrogen) atoms. The number of nitrogens with one attached hydrogen (secondary N) is 1. The maximum absolute atomic E-state index is 13.3. The van der Waals surface area contributed by atoms with Crippen LogP contribution in [-0.4, -0.2) is 44.7 Å². The van der Waals surface area contributed by atoms with E-state index in [0.717, 1.165) is 38.9 Å². The van der Waals surface area contributed by atoms with Crippen molar-refractivity contribution in [1.82, 2.24) is 19.7 Å². The lowest BCUT2D eigenvalue weighted by atomic mass is 9.98. The van der Waals surface area contributed by atoms with Crippen molar-refractivity contribution in [1.29, 1.82) is 5.26 Å². The molecule has 9 nitrogen and oxygen atoms in total. The van der Waals surface area contributed by atoms with Gasteiger partial charge >= 0.3 is 12.1 Å². The summed E-state index contributed by atoms with van der Waals surface area (Å²) >= 11 is 0. The molecule has 1 atom stereocenters. The molecule has 2 heterocycles. The van der Waals surface area contributed by atoms with Gasteiger partial charge in [-0.05, 0) is 54.2 Å². The van der Waals surface area contributed by atoms with Gasteiger partial charge in [-0.3, -0.25) is 4.40 Å². The molecule has 9 heteroatoms. The van der Waals surface area contributed by atoms with Gasteiger partial charge < -0.3 is 14.8 Å². The van der Waals surface area contributed by atoms with E-state index in [1.807, 2.05) is 60.8 Å². The molecule has 0 bridgehead atoms. The molecule has 0 spiro atoms. The first-order chi connectivity index (χ1) is 21.2. The van der Waals surface area contributed by atoms with Crippen molar-refractivity contribution >= 4 is 17.8 Å². The number of rotatable bonds is 7. The van der Waals surface area contributed by atoms with E-state index in [0.29, 0.717) is 5.78 Å². The van der Waals surface area contributed by atoms with Crippen LogP contribution in [0.3, 0.4) is 0 Å². The number of carbonyl (C=O) groups is 2. The monoisotopic (exact) mass is 585 g/mol. The Bertz CT molecular complexity index is 1870. The molecule has 220 valence electrons. The summed E-state index contributed by atoms with van der Waals surface area (Å²) in [7, 11) is 0. The number of nitriles is 1. The normalized spacial score (nSPS) is 13.0.